The van der Waals surface area contributed by atoms with Crippen LogP contribution in [0.5, 0.6) is 0 Å². The third kappa shape index (κ3) is 2.08. The van der Waals surface area contributed by atoms with Gasteiger partial charge in [-0.3, -0.25) is 4.98 Å². The zero-order valence-electron chi connectivity index (χ0n) is 10.2. The van der Waals surface area contributed by atoms with E-state index in [1.54, 1.807) is 0 Å². The molecule has 1 aromatic heterocycles. The number of hydrogen-bond acceptors (Lipinski definition) is 2. The normalized spacial score (nSPS) is 18.4. The van der Waals surface area contributed by atoms with Crippen molar-refractivity contribution < 1.29 is 4.74 Å². The molecule has 2 nitrogen and oxygen atoms in total. The molecule has 0 amide bonds. The number of rotatable bonds is 2. The average molecular weight is 304 g/mol. The number of halogens is 1. The van der Waals surface area contributed by atoms with Crippen molar-refractivity contribution in [2.45, 2.75) is 19.4 Å². The highest BCUT2D eigenvalue weighted by Crippen LogP contribution is 2.32. The van der Waals surface area contributed by atoms with Crippen molar-refractivity contribution in [3.63, 3.8) is 0 Å². The zero-order valence-corrected chi connectivity index (χ0v) is 11.8. The summed E-state index contributed by atoms with van der Waals surface area (Å²) in [6.07, 6.45) is 5.18. The molecule has 92 valence electrons. The minimum atomic E-state index is 0.306. The van der Waals surface area contributed by atoms with Crippen molar-refractivity contribution in [1.29, 1.82) is 0 Å². The topological polar surface area (TPSA) is 22.1 Å². The molecule has 1 aliphatic rings. The summed E-state index contributed by atoms with van der Waals surface area (Å²) in [6, 6.07) is 8.60. The number of pyridine rings is 1. The lowest BCUT2D eigenvalue weighted by atomic mass is 9.98. The van der Waals surface area contributed by atoms with Crippen LogP contribution in [0.2, 0.25) is 0 Å². The lowest BCUT2D eigenvalue weighted by Gasteiger charge is -2.26. The van der Waals surface area contributed by atoms with E-state index in [0.29, 0.717) is 6.10 Å². The first kappa shape index (κ1) is 11.9. The molecule has 0 radical (unpaired) electrons. The maximum atomic E-state index is 5.49. The minimum Gasteiger partial charge on any atom is -0.373 e. The van der Waals surface area contributed by atoms with Gasteiger partial charge >= 0.3 is 0 Å². The molecular weight excluding hydrogens is 290 g/mol. The first-order valence-corrected chi connectivity index (χ1v) is 6.87. The lowest BCUT2D eigenvalue weighted by molar-refractivity contribution is -0.0527. The van der Waals surface area contributed by atoms with E-state index in [4.69, 9.17) is 4.74 Å². The van der Waals surface area contributed by atoms with E-state index in [2.05, 4.69) is 52.1 Å². The third-order valence-electron chi connectivity index (χ3n) is 3.45. The van der Waals surface area contributed by atoms with Gasteiger partial charge in [0.05, 0.1) is 12.7 Å². The molecule has 0 saturated carbocycles. The van der Waals surface area contributed by atoms with Gasteiger partial charge in [-0.25, -0.2) is 0 Å². The highest BCUT2D eigenvalue weighted by Gasteiger charge is 2.19. The Labute approximate surface area is 115 Å². The average Bonchev–Trinajstić information content (AvgIpc) is 2.32. The Kier molecular flexibility index (Phi) is 3.18. The Hall–Kier alpha value is -1.19. The second-order valence-electron chi connectivity index (χ2n) is 4.56. The van der Waals surface area contributed by atoms with Crippen LogP contribution in [0.4, 0.5) is 0 Å². The Morgan fingerprint density at radius 1 is 1.22 bits per heavy atom. The van der Waals surface area contributed by atoms with Gasteiger partial charge in [0.25, 0.3) is 0 Å². The smallest absolute Gasteiger partial charge is 0.0846 e. The number of aromatic nitrogens is 1. The van der Waals surface area contributed by atoms with E-state index in [1.165, 1.54) is 22.3 Å². The van der Waals surface area contributed by atoms with E-state index in [0.717, 1.165) is 17.5 Å². The molecule has 0 N–H and O–H groups in total. The zero-order chi connectivity index (χ0) is 12.5. The monoisotopic (exact) mass is 303 g/mol. The summed E-state index contributed by atoms with van der Waals surface area (Å²) in [5.74, 6) is 0. The quantitative estimate of drug-likeness (QED) is 0.826. The van der Waals surface area contributed by atoms with Crippen molar-refractivity contribution >= 4 is 15.9 Å². The highest BCUT2D eigenvalue weighted by molar-refractivity contribution is 9.10. The Morgan fingerprint density at radius 3 is 2.56 bits per heavy atom. The van der Waals surface area contributed by atoms with Crippen LogP contribution in [0.25, 0.3) is 11.1 Å². The largest absolute Gasteiger partial charge is 0.373 e. The number of benzene rings is 1. The van der Waals surface area contributed by atoms with E-state index < -0.39 is 0 Å². The molecule has 2 aromatic rings. The van der Waals surface area contributed by atoms with Crippen LogP contribution in [-0.2, 0) is 4.74 Å². The van der Waals surface area contributed by atoms with Gasteiger partial charge in [0.15, 0.2) is 0 Å². The van der Waals surface area contributed by atoms with Crippen LogP contribution in [0.15, 0.2) is 41.1 Å². The third-order valence-corrected chi connectivity index (χ3v) is 4.25. The Morgan fingerprint density at radius 2 is 1.94 bits per heavy atom. The second kappa shape index (κ2) is 4.82. The van der Waals surface area contributed by atoms with Gasteiger partial charge in [-0.1, -0.05) is 24.3 Å². The molecule has 1 atom stereocenters. The molecule has 1 aliphatic heterocycles. The summed E-state index contributed by atoms with van der Waals surface area (Å²) >= 11 is 3.52. The fraction of sp³-hybridized carbons (Fsp3) is 0.267. The molecule has 1 saturated heterocycles. The van der Waals surface area contributed by atoms with Crippen molar-refractivity contribution in [3.05, 3.63) is 52.3 Å². The Bertz CT molecular complexity index is 561. The molecule has 3 rings (SSSR count). The number of hydrogen-bond donors (Lipinski definition) is 0. The molecule has 2 heterocycles. The fourth-order valence-corrected chi connectivity index (χ4v) is 2.50. The molecule has 3 heteroatoms. The van der Waals surface area contributed by atoms with Crippen LogP contribution in [0.1, 0.15) is 23.7 Å². The molecule has 0 bridgehead atoms. The maximum Gasteiger partial charge on any atom is 0.0846 e. The molecular formula is C15H14BrNO. The van der Waals surface area contributed by atoms with Gasteiger partial charge in [-0.05, 0) is 39.5 Å². The van der Waals surface area contributed by atoms with Gasteiger partial charge < -0.3 is 4.74 Å². The van der Waals surface area contributed by atoms with Crippen molar-refractivity contribution in [2.24, 2.45) is 0 Å². The van der Waals surface area contributed by atoms with Crippen LogP contribution < -0.4 is 0 Å². The first-order valence-electron chi connectivity index (χ1n) is 6.08. The van der Waals surface area contributed by atoms with Gasteiger partial charge in [-0.2, -0.15) is 0 Å². The summed E-state index contributed by atoms with van der Waals surface area (Å²) in [4.78, 5) is 4.23. The van der Waals surface area contributed by atoms with Crippen LogP contribution in [-0.4, -0.2) is 11.6 Å². The summed E-state index contributed by atoms with van der Waals surface area (Å²) in [6.45, 7) is 2.99. The minimum absolute atomic E-state index is 0.306. The molecule has 18 heavy (non-hydrogen) atoms. The van der Waals surface area contributed by atoms with E-state index >= 15 is 0 Å². The standard InChI is InChI=1S/C15H14BrNO/c1-10-13(8-17-9-14(10)16)11-2-4-12(5-3-11)15-6-7-18-15/h2-5,8-9,15H,6-7H2,1H3. The predicted octanol–water partition coefficient (Wildman–Crippen LogP) is 4.28. The SMILES string of the molecule is Cc1c(Br)cncc1-c1ccc(C2CCO2)cc1. The van der Waals surface area contributed by atoms with E-state index in [-0.39, 0.29) is 0 Å². The van der Waals surface area contributed by atoms with Gasteiger partial charge in [0.1, 0.15) is 0 Å². The first-order chi connectivity index (χ1) is 8.75. The van der Waals surface area contributed by atoms with Gasteiger partial charge in [-0.15, -0.1) is 0 Å². The lowest BCUT2D eigenvalue weighted by Crippen LogP contribution is -2.17. The van der Waals surface area contributed by atoms with Crippen LogP contribution in [0, 0.1) is 6.92 Å². The van der Waals surface area contributed by atoms with Crippen LogP contribution in [0.3, 0.4) is 0 Å². The van der Waals surface area contributed by atoms with Crippen molar-refractivity contribution in [1.82, 2.24) is 4.98 Å². The van der Waals surface area contributed by atoms with Crippen LogP contribution >= 0.6 is 15.9 Å². The maximum absolute atomic E-state index is 5.49. The predicted molar refractivity (Wildman–Crippen MR) is 75.4 cm³/mol. The number of nitrogens with zero attached hydrogens (tertiary/aromatic N) is 1. The fourth-order valence-electron chi connectivity index (χ4n) is 2.17. The summed E-state index contributed by atoms with van der Waals surface area (Å²) in [5, 5.41) is 0. The van der Waals surface area contributed by atoms with E-state index in [9.17, 15) is 0 Å². The molecule has 0 spiro atoms. The van der Waals surface area contributed by atoms with Gasteiger partial charge in [0, 0.05) is 28.9 Å². The van der Waals surface area contributed by atoms with Gasteiger partial charge in [0.2, 0.25) is 0 Å². The molecule has 1 aromatic carbocycles. The summed E-state index contributed by atoms with van der Waals surface area (Å²) in [5.41, 5.74) is 4.86. The van der Waals surface area contributed by atoms with Crippen molar-refractivity contribution in [3.8, 4) is 11.1 Å². The second-order valence-corrected chi connectivity index (χ2v) is 5.42. The van der Waals surface area contributed by atoms with E-state index in [1.807, 2.05) is 12.4 Å². The highest BCUT2D eigenvalue weighted by atomic mass is 79.9. The Balaban J connectivity index is 1.94. The van der Waals surface area contributed by atoms with Crippen molar-refractivity contribution in [2.75, 3.05) is 6.61 Å². The number of ether oxygens (including phenoxy) is 1. The summed E-state index contributed by atoms with van der Waals surface area (Å²) in [7, 11) is 0. The molecule has 1 unspecified atom stereocenters. The molecule has 1 fully saturated rings. The summed E-state index contributed by atoms with van der Waals surface area (Å²) < 4.78 is 6.53. The molecule has 0 aliphatic carbocycles.